The van der Waals surface area contributed by atoms with E-state index in [4.69, 9.17) is 5.73 Å². The molecule has 0 amide bonds. The van der Waals surface area contributed by atoms with Crippen LogP contribution in [0.15, 0.2) is 4.99 Å². The highest BCUT2D eigenvalue weighted by Crippen LogP contribution is 2.43. The molecule has 0 atom stereocenters. The molecular weight excluding hydrogens is 337 g/mol. The molecule has 2 fully saturated rings. The van der Waals surface area contributed by atoms with Crippen LogP contribution in [0.1, 0.15) is 58.3 Å². The molecule has 2 aliphatic rings. The molecule has 2 N–H and O–H groups in total. The first-order valence-electron chi connectivity index (χ1n) is 7.31. The minimum absolute atomic E-state index is 0. The Bertz CT molecular complexity index is 261. The molecule has 1 saturated carbocycles. The van der Waals surface area contributed by atoms with E-state index >= 15 is 0 Å². The lowest BCUT2D eigenvalue weighted by atomic mass is 9.67. The molecule has 0 spiro atoms. The standard InChI is InChI=1S/C14H27N3.HI/c1-2-14(8-7-9-14)12-16-13(15)17-10-5-3-4-6-11-17;/h2-12H2,1H3,(H2,15,16);1H. The molecule has 106 valence electrons. The Balaban J connectivity index is 0.00000162. The maximum absolute atomic E-state index is 6.13. The molecule has 0 aromatic carbocycles. The lowest BCUT2D eigenvalue weighted by Crippen LogP contribution is -2.40. The van der Waals surface area contributed by atoms with Crippen LogP contribution >= 0.6 is 24.0 Å². The molecule has 1 aliphatic carbocycles. The number of aliphatic imine (C=N–C) groups is 1. The summed E-state index contributed by atoms with van der Waals surface area (Å²) in [6.45, 7) is 5.45. The fraction of sp³-hybridized carbons (Fsp3) is 0.929. The molecule has 4 heteroatoms. The maximum atomic E-state index is 6.13. The fourth-order valence-electron chi connectivity index (χ4n) is 2.95. The number of likely N-dealkylation sites (tertiary alicyclic amines) is 1. The van der Waals surface area contributed by atoms with Crippen LogP contribution in [-0.2, 0) is 0 Å². The smallest absolute Gasteiger partial charge is 0.191 e. The van der Waals surface area contributed by atoms with Gasteiger partial charge in [0.25, 0.3) is 0 Å². The second-order valence-corrected chi connectivity index (χ2v) is 5.78. The van der Waals surface area contributed by atoms with Gasteiger partial charge in [0.15, 0.2) is 5.96 Å². The fourth-order valence-corrected chi connectivity index (χ4v) is 2.95. The summed E-state index contributed by atoms with van der Waals surface area (Å²) in [5, 5.41) is 0. The first-order valence-corrected chi connectivity index (χ1v) is 7.31. The number of nitrogens with two attached hydrogens (primary N) is 1. The van der Waals surface area contributed by atoms with Crippen molar-refractivity contribution in [2.75, 3.05) is 19.6 Å². The van der Waals surface area contributed by atoms with Crippen molar-refractivity contribution in [3.05, 3.63) is 0 Å². The minimum atomic E-state index is 0. The van der Waals surface area contributed by atoms with Crippen LogP contribution in [0, 0.1) is 5.41 Å². The number of rotatable bonds is 3. The minimum Gasteiger partial charge on any atom is -0.370 e. The largest absolute Gasteiger partial charge is 0.370 e. The molecule has 0 bridgehead atoms. The Hall–Kier alpha value is 0. The monoisotopic (exact) mass is 365 g/mol. The number of hydrogen-bond acceptors (Lipinski definition) is 1. The Kier molecular flexibility index (Phi) is 6.74. The van der Waals surface area contributed by atoms with Crippen LogP contribution in [0.3, 0.4) is 0 Å². The van der Waals surface area contributed by atoms with Gasteiger partial charge in [0.1, 0.15) is 0 Å². The lowest BCUT2D eigenvalue weighted by molar-refractivity contribution is 0.139. The van der Waals surface area contributed by atoms with Gasteiger partial charge in [-0.3, -0.25) is 4.99 Å². The Labute approximate surface area is 129 Å². The normalized spacial score (nSPS) is 23.8. The van der Waals surface area contributed by atoms with E-state index in [0.29, 0.717) is 5.41 Å². The summed E-state index contributed by atoms with van der Waals surface area (Å²) in [4.78, 5) is 6.96. The number of guanidine groups is 1. The Morgan fingerprint density at radius 3 is 2.17 bits per heavy atom. The van der Waals surface area contributed by atoms with Crippen molar-refractivity contribution in [3.63, 3.8) is 0 Å². The third kappa shape index (κ3) is 4.00. The highest BCUT2D eigenvalue weighted by Gasteiger charge is 2.34. The molecule has 0 radical (unpaired) electrons. The van der Waals surface area contributed by atoms with Crippen molar-refractivity contribution < 1.29 is 0 Å². The van der Waals surface area contributed by atoms with Gasteiger partial charge in [-0.05, 0) is 37.5 Å². The molecule has 1 saturated heterocycles. The third-order valence-electron chi connectivity index (χ3n) is 4.67. The van der Waals surface area contributed by atoms with E-state index in [1.165, 1.54) is 51.4 Å². The van der Waals surface area contributed by atoms with E-state index < -0.39 is 0 Å². The van der Waals surface area contributed by atoms with E-state index in [1.807, 2.05) is 0 Å². The van der Waals surface area contributed by atoms with Crippen LogP contribution in [0.5, 0.6) is 0 Å². The lowest BCUT2D eigenvalue weighted by Gasteiger charge is -2.40. The molecule has 0 unspecified atom stereocenters. The number of hydrogen-bond donors (Lipinski definition) is 1. The van der Waals surface area contributed by atoms with Crippen LogP contribution in [-0.4, -0.2) is 30.5 Å². The molecule has 2 rings (SSSR count). The average molecular weight is 365 g/mol. The van der Waals surface area contributed by atoms with Gasteiger partial charge in [-0.15, -0.1) is 24.0 Å². The van der Waals surface area contributed by atoms with Gasteiger partial charge >= 0.3 is 0 Å². The molecule has 1 aliphatic heterocycles. The molecule has 1 heterocycles. The van der Waals surface area contributed by atoms with Crippen LogP contribution in [0.25, 0.3) is 0 Å². The Morgan fingerprint density at radius 1 is 1.11 bits per heavy atom. The SMILES string of the molecule is CCC1(CN=C(N)N2CCCCCC2)CCC1.I. The molecule has 18 heavy (non-hydrogen) atoms. The Morgan fingerprint density at radius 2 is 1.72 bits per heavy atom. The summed E-state index contributed by atoms with van der Waals surface area (Å²) in [5.41, 5.74) is 6.63. The van der Waals surface area contributed by atoms with E-state index in [2.05, 4.69) is 16.8 Å². The number of nitrogens with zero attached hydrogens (tertiary/aromatic N) is 2. The average Bonchev–Trinajstić information content (AvgIpc) is 2.56. The summed E-state index contributed by atoms with van der Waals surface area (Å²) in [5.74, 6) is 0.798. The summed E-state index contributed by atoms with van der Waals surface area (Å²) in [6.07, 6.45) is 10.6. The van der Waals surface area contributed by atoms with Crippen LogP contribution in [0.4, 0.5) is 0 Å². The summed E-state index contributed by atoms with van der Waals surface area (Å²) in [7, 11) is 0. The van der Waals surface area contributed by atoms with Crippen LogP contribution in [0.2, 0.25) is 0 Å². The summed E-state index contributed by atoms with van der Waals surface area (Å²) >= 11 is 0. The van der Waals surface area contributed by atoms with Crippen molar-refractivity contribution in [1.29, 1.82) is 0 Å². The van der Waals surface area contributed by atoms with Gasteiger partial charge in [-0.1, -0.05) is 26.2 Å². The highest BCUT2D eigenvalue weighted by atomic mass is 127. The van der Waals surface area contributed by atoms with Crippen molar-refractivity contribution in [2.45, 2.75) is 58.3 Å². The van der Waals surface area contributed by atoms with E-state index in [1.54, 1.807) is 0 Å². The maximum Gasteiger partial charge on any atom is 0.191 e. The van der Waals surface area contributed by atoms with Gasteiger partial charge in [-0.2, -0.15) is 0 Å². The van der Waals surface area contributed by atoms with Gasteiger partial charge < -0.3 is 10.6 Å². The van der Waals surface area contributed by atoms with Gasteiger partial charge in [-0.25, -0.2) is 0 Å². The second kappa shape index (κ2) is 7.56. The zero-order valence-corrected chi connectivity index (χ0v) is 14.0. The van der Waals surface area contributed by atoms with Crippen molar-refractivity contribution >= 4 is 29.9 Å². The van der Waals surface area contributed by atoms with Crippen molar-refractivity contribution in [2.24, 2.45) is 16.1 Å². The summed E-state index contributed by atoms with van der Waals surface area (Å²) < 4.78 is 0. The zero-order valence-electron chi connectivity index (χ0n) is 11.7. The molecule has 0 aromatic heterocycles. The first-order chi connectivity index (χ1) is 8.26. The van der Waals surface area contributed by atoms with Gasteiger partial charge in [0, 0.05) is 19.6 Å². The summed E-state index contributed by atoms with van der Waals surface area (Å²) in [6, 6.07) is 0. The topological polar surface area (TPSA) is 41.6 Å². The first kappa shape index (κ1) is 16.1. The van der Waals surface area contributed by atoms with Gasteiger partial charge in [0.2, 0.25) is 0 Å². The third-order valence-corrected chi connectivity index (χ3v) is 4.67. The quantitative estimate of drug-likeness (QED) is 0.473. The molecular formula is C14H28IN3. The van der Waals surface area contributed by atoms with Crippen molar-refractivity contribution in [1.82, 2.24) is 4.90 Å². The van der Waals surface area contributed by atoms with Crippen molar-refractivity contribution in [3.8, 4) is 0 Å². The van der Waals surface area contributed by atoms with E-state index in [9.17, 15) is 0 Å². The highest BCUT2D eigenvalue weighted by molar-refractivity contribution is 14.0. The number of halogens is 1. The molecule has 3 nitrogen and oxygen atoms in total. The van der Waals surface area contributed by atoms with Crippen LogP contribution < -0.4 is 5.73 Å². The molecule has 0 aromatic rings. The van der Waals surface area contributed by atoms with E-state index in [0.717, 1.165) is 25.6 Å². The predicted molar refractivity (Wildman–Crippen MR) is 88.5 cm³/mol. The van der Waals surface area contributed by atoms with E-state index in [-0.39, 0.29) is 24.0 Å². The van der Waals surface area contributed by atoms with Gasteiger partial charge in [0.05, 0.1) is 0 Å². The second-order valence-electron chi connectivity index (χ2n) is 5.78. The predicted octanol–water partition coefficient (Wildman–Crippen LogP) is 3.38. The zero-order chi connectivity index (χ0) is 12.1.